The molecule has 0 aromatic heterocycles. The quantitative estimate of drug-likeness (QED) is 0.599. The molecule has 0 spiro atoms. The van der Waals surface area contributed by atoms with Gasteiger partial charge in [0, 0.05) is 12.1 Å². The van der Waals surface area contributed by atoms with Gasteiger partial charge in [0.15, 0.2) is 0 Å². The summed E-state index contributed by atoms with van der Waals surface area (Å²) < 4.78 is 0. The Morgan fingerprint density at radius 1 is 1.08 bits per heavy atom. The minimum absolute atomic E-state index is 0.813. The molecule has 1 heteroatoms. The first kappa shape index (κ1) is 9.59. The molecule has 1 nitrogen and oxygen atoms in total. The van der Waals surface area contributed by atoms with Crippen molar-refractivity contribution in [2.45, 2.75) is 13.3 Å². The van der Waals surface area contributed by atoms with Crippen LogP contribution in [0.15, 0.2) is 59.9 Å². The van der Waals surface area contributed by atoms with Crippen LogP contribution >= 0.6 is 0 Å². The average Bonchev–Trinajstić information content (AvgIpc) is 2.14. The first-order chi connectivity index (χ1) is 6.29. The van der Waals surface area contributed by atoms with Gasteiger partial charge >= 0.3 is 0 Å². The van der Waals surface area contributed by atoms with E-state index < -0.39 is 0 Å². The maximum absolute atomic E-state index is 5.72. The number of allylic oxidation sites excluding steroid dienone is 9. The van der Waals surface area contributed by atoms with Crippen molar-refractivity contribution < 1.29 is 0 Å². The van der Waals surface area contributed by atoms with Crippen LogP contribution in [-0.4, -0.2) is 0 Å². The van der Waals surface area contributed by atoms with Gasteiger partial charge in [0.05, 0.1) is 0 Å². The van der Waals surface area contributed by atoms with E-state index in [2.05, 4.69) is 25.2 Å². The molecular weight excluding hydrogens is 158 g/mol. The summed E-state index contributed by atoms with van der Waals surface area (Å²) >= 11 is 0. The van der Waals surface area contributed by atoms with Crippen molar-refractivity contribution in [1.82, 2.24) is 0 Å². The van der Waals surface area contributed by atoms with E-state index in [1.807, 2.05) is 30.4 Å². The highest BCUT2D eigenvalue weighted by Crippen LogP contribution is 2.00. The normalized spacial score (nSPS) is 33.0. The van der Waals surface area contributed by atoms with Crippen molar-refractivity contribution in [2.75, 3.05) is 0 Å². The van der Waals surface area contributed by atoms with Gasteiger partial charge in [0.1, 0.15) is 0 Å². The minimum atomic E-state index is 0.813. The molecule has 0 saturated heterocycles. The van der Waals surface area contributed by atoms with E-state index in [4.69, 9.17) is 5.73 Å². The average molecular weight is 173 g/mol. The van der Waals surface area contributed by atoms with E-state index in [0.29, 0.717) is 0 Å². The van der Waals surface area contributed by atoms with Gasteiger partial charge in [-0.1, -0.05) is 48.1 Å². The lowest BCUT2D eigenvalue weighted by molar-refractivity contribution is 1.17. The second-order valence-corrected chi connectivity index (χ2v) is 3.03. The molecule has 13 heavy (non-hydrogen) atoms. The molecule has 0 aromatic carbocycles. The van der Waals surface area contributed by atoms with Crippen LogP contribution in [0.2, 0.25) is 0 Å². The highest BCUT2D eigenvalue weighted by molar-refractivity contribution is 5.27. The van der Waals surface area contributed by atoms with Crippen LogP contribution in [0.5, 0.6) is 0 Å². The molecular formula is C12H15N. The Morgan fingerprint density at radius 3 is 2.69 bits per heavy atom. The Labute approximate surface area is 79.6 Å². The Morgan fingerprint density at radius 2 is 1.85 bits per heavy atom. The molecule has 1 aliphatic carbocycles. The zero-order valence-electron chi connectivity index (χ0n) is 7.90. The molecule has 0 aromatic rings. The third-order valence-corrected chi connectivity index (χ3v) is 1.74. The van der Waals surface area contributed by atoms with Crippen molar-refractivity contribution in [3.63, 3.8) is 0 Å². The van der Waals surface area contributed by atoms with Gasteiger partial charge in [-0.3, -0.25) is 0 Å². The fourth-order valence-corrected chi connectivity index (χ4v) is 1.00. The summed E-state index contributed by atoms with van der Waals surface area (Å²) in [6.07, 6.45) is 16.9. The summed E-state index contributed by atoms with van der Waals surface area (Å²) in [5.74, 6) is 0. The van der Waals surface area contributed by atoms with Crippen molar-refractivity contribution in [1.29, 1.82) is 0 Å². The van der Waals surface area contributed by atoms with Gasteiger partial charge in [-0.15, -0.1) is 0 Å². The van der Waals surface area contributed by atoms with Crippen molar-refractivity contribution in [3.8, 4) is 0 Å². The molecule has 0 radical (unpaired) electrons. The van der Waals surface area contributed by atoms with Crippen LogP contribution in [0.25, 0.3) is 0 Å². The Kier molecular flexibility index (Phi) is 3.83. The van der Waals surface area contributed by atoms with E-state index in [0.717, 1.165) is 12.1 Å². The van der Waals surface area contributed by atoms with Gasteiger partial charge in [-0.2, -0.15) is 0 Å². The van der Waals surface area contributed by atoms with Gasteiger partial charge < -0.3 is 5.73 Å². The summed E-state index contributed by atoms with van der Waals surface area (Å²) in [6.45, 7) is 2.07. The lowest BCUT2D eigenvalue weighted by Crippen LogP contribution is -1.93. The first-order valence-corrected chi connectivity index (χ1v) is 4.42. The molecule has 0 aliphatic heterocycles. The number of nitrogens with two attached hydrogens (primary N) is 1. The molecule has 0 atom stereocenters. The number of hydrogen-bond acceptors (Lipinski definition) is 1. The summed E-state index contributed by atoms with van der Waals surface area (Å²) in [5.41, 5.74) is 7.84. The van der Waals surface area contributed by atoms with E-state index >= 15 is 0 Å². The first-order valence-electron chi connectivity index (χ1n) is 4.42. The standard InChI is InChI=1S/C12H15N/c1-11-7-3-2-4-9-12(13)10-6-5-8-11/h2-8,10H,9,13H2,1H3/b4-2+,6-5-,7-3-,11-8-,12-10+. The van der Waals surface area contributed by atoms with E-state index in [-0.39, 0.29) is 0 Å². The van der Waals surface area contributed by atoms with Gasteiger partial charge in [0.25, 0.3) is 0 Å². The predicted octanol–water partition coefficient (Wildman–Crippen LogP) is 2.85. The molecule has 0 bridgehead atoms. The minimum Gasteiger partial charge on any atom is -0.402 e. The molecule has 1 aliphatic rings. The molecule has 0 saturated carbocycles. The summed E-state index contributed by atoms with van der Waals surface area (Å²) in [7, 11) is 0. The molecule has 2 N–H and O–H groups in total. The number of hydrogen-bond donors (Lipinski definition) is 1. The highest BCUT2D eigenvalue weighted by Gasteiger charge is 1.83. The molecule has 1 rings (SSSR count). The lowest BCUT2D eigenvalue weighted by Gasteiger charge is -1.91. The van der Waals surface area contributed by atoms with E-state index in [1.165, 1.54) is 5.57 Å². The van der Waals surface area contributed by atoms with Crippen LogP contribution in [0.1, 0.15) is 13.3 Å². The Hall–Kier alpha value is -1.50. The SMILES string of the molecule is CC1=C/C=C\C=C(\N)C/C=C/C=C\1. The van der Waals surface area contributed by atoms with Gasteiger partial charge in [-0.25, -0.2) is 0 Å². The van der Waals surface area contributed by atoms with Crippen LogP contribution in [0.3, 0.4) is 0 Å². The van der Waals surface area contributed by atoms with Crippen LogP contribution < -0.4 is 5.73 Å². The number of rotatable bonds is 0. The highest BCUT2D eigenvalue weighted by atomic mass is 14.6. The smallest absolute Gasteiger partial charge is 0.0119 e. The second-order valence-electron chi connectivity index (χ2n) is 3.03. The van der Waals surface area contributed by atoms with Gasteiger partial charge in [-0.05, 0) is 13.0 Å². The summed E-state index contributed by atoms with van der Waals surface area (Å²) in [6, 6.07) is 0. The molecule has 68 valence electrons. The van der Waals surface area contributed by atoms with Crippen LogP contribution in [0.4, 0.5) is 0 Å². The Bertz CT molecular complexity index is 301. The van der Waals surface area contributed by atoms with E-state index in [1.54, 1.807) is 0 Å². The third kappa shape index (κ3) is 4.16. The van der Waals surface area contributed by atoms with Crippen LogP contribution in [-0.2, 0) is 0 Å². The molecule has 0 amide bonds. The van der Waals surface area contributed by atoms with Crippen LogP contribution in [0, 0.1) is 0 Å². The monoisotopic (exact) mass is 173 g/mol. The van der Waals surface area contributed by atoms with Crippen molar-refractivity contribution in [2.24, 2.45) is 5.73 Å². The summed E-state index contributed by atoms with van der Waals surface area (Å²) in [4.78, 5) is 0. The van der Waals surface area contributed by atoms with Crippen molar-refractivity contribution in [3.05, 3.63) is 59.9 Å². The molecule has 0 unspecified atom stereocenters. The third-order valence-electron chi connectivity index (χ3n) is 1.74. The molecule has 0 fully saturated rings. The van der Waals surface area contributed by atoms with E-state index in [9.17, 15) is 0 Å². The lowest BCUT2D eigenvalue weighted by atomic mass is 10.2. The second kappa shape index (κ2) is 5.20. The maximum Gasteiger partial charge on any atom is 0.0119 e. The maximum atomic E-state index is 5.72. The largest absolute Gasteiger partial charge is 0.402 e. The van der Waals surface area contributed by atoms with Crippen molar-refractivity contribution >= 4 is 0 Å². The van der Waals surface area contributed by atoms with Gasteiger partial charge in [0.2, 0.25) is 0 Å². The molecule has 0 heterocycles. The Balaban J connectivity index is 2.83. The topological polar surface area (TPSA) is 26.0 Å². The zero-order chi connectivity index (χ0) is 9.52. The fourth-order valence-electron chi connectivity index (χ4n) is 1.00. The zero-order valence-corrected chi connectivity index (χ0v) is 7.90. The fraction of sp³-hybridized carbons (Fsp3) is 0.167. The summed E-state index contributed by atoms with van der Waals surface area (Å²) in [5, 5.41) is 0. The predicted molar refractivity (Wildman–Crippen MR) is 58.1 cm³/mol.